The van der Waals surface area contributed by atoms with Crippen molar-refractivity contribution in [2.75, 3.05) is 0 Å². The lowest BCUT2D eigenvalue weighted by Crippen LogP contribution is -2.35. The number of nitrogens with two attached hydrogens (primary N) is 1. The maximum Gasteiger partial charge on any atom is 0.314 e. The molecule has 126 valence electrons. The van der Waals surface area contributed by atoms with Crippen LogP contribution >= 0.6 is 27.7 Å². The summed E-state index contributed by atoms with van der Waals surface area (Å²) < 4.78 is 0.719. The molecule has 1 aliphatic heterocycles. The van der Waals surface area contributed by atoms with Crippen LogP contribution in [0.15, 0.2) is 37.3 Å². The number of fused-ring (bicyclic) bond motifs is 1. The van der Waals surface area contributed by atoms with E-state index in [9.17, 15) is 14.4 Å². The second-order valence-corrected chi connectivity index (χ2v) is 7.14. The number of hydrogen-bond acceptors (Lipinski definition) is 6. The first kappa shape index (κ1) is 16.8. The average Bonchev–Trinajstić information content (AvgIpc) is 2.81. The normalized spacial score (nSPS) is 17.3. The van der Waals surface area contributed by atoms with Crippen LogP contribution in [-0.2, 0) is 11.3 Å². The van der Waals surface area contributed by atoms with E-state index in [2.05, 4.69) is 25.9 Å². The fourth-order valence-electron chi connectivity index (χ4n) is 2.51. The number of thioether (sulfide) groups is 1. The van der Waals surface area contributed by atoms with Gasteiger partial charge in [0.2, 0.25) is 0 Å². The summed E-state index contributed by atoms with van der Waals surface area (Å²) in [6.07, 6.45) is -0.139. The van der Waals surface area contributed by atoms with Crippen LogP contribution in [0.4, 0.5) is 0 Å². The first-order valence-electron chi connectivity index (χ1n) is 6.88. The molecule has 1 aliphatic rings. The molecule has 5 N–H and O–H groups in total. The van der Waals surface area contributed by atoms with Crippen LogP contribution in [0, 0.1) is 0 Å². The molecule has 0 fully saturated rings. The summed E-state index contributed by atoms with van der Waals surface area (Å²) in [5.74, 6) is -0.946. The highest BCUT2D eigenvalue weighted by molar-refractivity contribution is 9.10. The minimum Gasteiger partial charge on any atom is -0.481 e. The molecule has 0 radical (unpaired) electrons. The van der Waals surface area contributed by atoms with Crippen molar-refractivity contribution in [2.24, 2.45) is 5.73 Å². The number of carbonyl (C=O) groups is 1. The van der Waals surface area contributed by atoms with Crippen LogP contribution in [0.3, 0.4) is 0 Å². The summed E-state index contributed by atoms with van der Waals surface area (Å²) in [4.78, 5) is 41.0. The highest BCUT2D eigenvalue weighted by Crippen LogP contribution is 2.32. The van der Waals surface area contributed by atoms with Gasteiger partial charge >= 0.3 is 17.1 Å². The zero-order chi connectivity index (χ0) is 17.4. The molecule has 0 bridgehead atoms. The summed E-state index contributed by atoms with van der Waals surface area (Å²) in [5, 5.41) is 10.7. The van der Waals surface area contributed by atoms with Crippen LogP contribution in [0.25, 0.3) is 11.0 Å². The molecule has 0 aliphatic carbocycles. The highest BCUT2D eigenvalue weighted by Gasteiger charge is 2.26. The molecular weight excluding hydrogens is 400 g/mol. The third-order valence-corrected chi connectivity index (χ3v) is 4.97. The van der Waals surface area contributed by atoms with Crippen LogP contribution < -0.4 is 16.9 Å². The minimum atomic E-state index is -0.946. The van der Waals surface area contributed by atoms with Gasteiger partial charge in [-0.05, 0) is 23.1 Å². The summed E-state index contributed by atoms with van der Waals surface area (Å²) in [7, 11) is 0. The number of carboxylic acids is 1. The van der Waals surface area contributed by atoms with E-state index in [-0.39, 0.29) is 6.42 Å². The number of rotatable bonds is 4. The predicted molar refractivity (Wildman–Crippen MR) is 94.3 cm³/mol. The SMILES string of the molecule is NC1SC=C(CC(=O)O)N1Cc1cc(Br)cc2[nH]c(=O)c(=O)[nH]c12. The van der Waals surface area contributed by atoms with Crippen molar-refractivity contribution in [2.45, 2.75) is 18.5 Å². The van der Waals surface area contributed by atoms with Crippen molar-refractivity contribution in [1.29, 1.82) is 0 Å². The lowest BCUT2D eigenvalue weighted by atomic mass is 10.1. The Balaban J connectivity index is 2.04. The van der Waals surface area contributed by atoms with Gasteiger partial charge in [0.25, 0.3) is 0 Å². The molecule has 1 aromatic heterocycles. The van der Waals surface area contributed by atoms with Gasteiger partial charge in [-0.3, -0.25) is 14.4 Å². The third-order valence-electron chi connectivity index (χ3n) is 3.57. The number of aromatic nitrogens is 2. The summed E-state index contributed by atoms with van der Waals surface area (Å²) in [5.41, 5.74) is 6.42. The number of H-pyrrole nitrogens is 2. The van der Waals surface area contributed by atoms with Gasteiger partial charge in [-0.1, -0.05) is 27.7 Å². The van der Waals surface area contributed by atoms with E-state index in [4.69, 9.17) is 10.8 Å². The predicted octanol–water partition coefficient (Wildman–Crippen LogP) is 1.09. The first-order valence-corrected chi connectivity index (χ1v) is 8.62. The maximum absolute atomic E-state index is 11.6. The second kappa shape index (κ2) is 6.46. The first-order chi connectivity index (χ1) is 11.3. The number of benzene rings is 1. The van der Waals surface area contributed by atoms with E-state index in [1.807, 2.05) is 0 Å². The molecule has 0 amide bonds. The largest absolute Gasteiger partial charge is 0.481 e. The van der Waals surface area contributed by atoms with Crippen molar-refractivity contribution < 1.29 is 9.90 Å². The van der Waals surface area contributed by atoms with Gasteiger partial charge in [0, 0.05) is 16.7 Å². The van der Waals surface area contributed by atoms with E-state index in [0.717, 1.165) is 4.47 Å². The fourth-order valence-corrected chi connectivity index (χ4v) is 3.89. The number of nitrogens with one attached hydrogen (secondary N) is 2. The standard InChI is InChI=1S/C14H13BrN4O4S/c15-7-1-6(11-9(2-7)17-12(22)13(23)18-11)4-19-8(3-10(20)21)5-24-14(19)16/h1-2,5,14H,3-4,16H2,(H,17,22)(H,18,23)(H,20,21). The summed E-state index contributed by atoms with van der Waals surface area (Å²) >= 11 is 4.70. The highest BCUT2D eigenvalue weighted by atomic mass is 79.9. The topological polar surface area (TPSA) is 132 Å². The van der Waals surface area contributed by atoms with E-state index < -0.39 is 22.6 Å². The van der Waals surface area contributed by atoms with Crippen molar-refractivity contribution in [3.05, 3.63) is 54.0 Å². The van der Waals surface area contributed by atoms with Crippen LogP contribution in [0.5, 0.6) is 0 Å². The van der Waals surface area contributed by atoms with Gasteiger partial charge in [0.05, 0.1) is 17.5 Å². The molecule has 2 aromatic rings. The summed E-state index contributed by atoms with van der Waals surface area (Å²) in [6.45, 7) is 0.297. The van der Waals surface area contributed by atoms with Crippen LogP contribution in [0.2, 0.25) is 0 Å². The van der Waals surface area contributed by atoms with Crippen molar-refractivity contribution in [3.8, 4) is 0 Å². The molecule has 0 spiro atoms. The minimum absolute atomic E-state index is 0.139. The lowest BCUT2D eigenvalue weighted by Gasteiger charge is -2.26. The maximum atomic E-state index is 11.6. The zero-order valence-corrected chi connectivity index (χ0v) is 14.6. The number of hydrogen-bond donors (Lipinski definition) is 4. The van der Waals surface area contributed by atoms with E-state index in [1.54, 1.807) is 22.4 Å². The molecule has 0 saturated carbocycles. The lowest BCUT2D eigenvalue weighted by molar-refractivity contribution is -0.136. The van der Waals surface area contributed by atoms with Gasteiger partial charge in [-0.15, -0.1) is 0 Å². The average molecular weight is 413 g/mol. The van der Waals surface area contributed by atoms with Crippen molar-refractivity contribution >= 4 is 44.7 Å². The second-order valence-electron chi connectivity index (χ2n) is 5.23. The Bertz CT molecular complexity index is 967. The van der Waals surface area contributed by atoms with Crippen LogP contribution in [0.1, 0.15) is 12.0 Å². The zero-order valence-electron chi connectivity index (χ0n) is 12.2. The summed E-state index contributed by atoms with van der Waals surface area (Å²) in [6, 6.07) is 3.48. The van der Waals surface area contributed by atoms with Gasteiger partial charge in [-0.25, -0.2) is 0 Å². The van der Waals surface area contributed by atoms with E-state index in [0.29, 0.717) is 28.8 Å². The van der Waals surface area contributed by atoms with Gasteiger partial charge in [0.15, 0.2) is 0 Å². The molecule has 1 aromatic carbocycles. The van der Waals surface area contributed by atoms with Gasteiger partial charge in [-0.2, -0.15) is 0 Å². The Hall–Kier alpha value is -2.04. The number of aliphatic carboxylic acids is 1. The van der Waals surface area contributed by atoms with Crippen molar-refractivity contribution in [1.82, 2.24) is 14.9 Å². The molecule has 0 saturated heterocycles. The molecule has 24 heavy (non-hydrogen) atoms. The molecule has 3 rings (SSSR count). The molecule has 10 heteroatoms. The monoisotopic (exact) mass is 412 g/mol. The Labute approximate surface area is 147 Å². The van der Waals surface area contributed by atoms with Crippen molar-refractivity contribution in [3.63, 3.8) is 0 Å². The number of aromatic amines is 2. The Morgan fingerprint density at radius 1 is 1.33 bits per heavy atom. The molecule has 1 atom stereocenters. The number of nitrogens with zero attached hydrogens (tertiary/aromatic N) is 1. The third kappa shape index (κ3) is 3.25. The Kier molecular flexibility index (Phi) is 4.52. The van der Waals surface area contributed by atoms with Gasteiger partial charge < -0.3 is 25.7 Å². The molecule has 1 unspecified atom stereocenters. The fraction of sp³-hybridized carbons (Fsp3) is 0.214. The molecule has 8 nitrogen and oxygen atoms in total. The quantitative estimate of drug-likeness (QED) is 0.552. The molecule has 2 heterocycles. The smallest absolute Gasteiger partial charge is 0.314 e. The van der Waals surface area contributed by atoms with Crippen LogP contribution in [-0.4, -0.2) is 31.4 Å². The molecular formula is C14H13BrN4O4S. The number of halogens is 1. The van der Waals surface area contributed by atoms with Gasteiger partial charge in [0.1, 0.15) is 5.50 Å². The van der Waals surface area contributed by atoms with E-state index >= 15 is 0 Å². The van der Waals surface area contributed by atoms with E-state index in [1.165, 1.54) is 11.8 Å². The Morgan fingerprint density at radius 2 is 2.04 bits per heavy atom. The number of carboxylic acid groups (broad SMARTS) is 1. The Morgan fingerprint density at radius 3 is 2.75 bits per heavy atom.